The van der Waals surface area contributed by atoms with Gasteiger partial charge in [0.2, 0.25) is 5.91 Å². The maximum absolute atomic E-state index is 13.4. The van der Waals surface area contributed by atoms with Crippen LogP contribution in [0.3, 0.4) is 0 Å². The van der Waals surface area contributed by atoms with Crippen LogP contribution in [0.4, 0.5) is 23.7 Å². The van der Waals surface area contributed by atoms with Crippen molar-refractivity contribution in [3.8, 4) is 0 Å². The number of halogens is 4. The molecule has 0 aliphatic heterocycles. The van der Waals surface area contributed by atoms with Crippen LogP contribution in [0.1, 0.15) is 46.9 Å². The number of fused-ring (bicyclic) bond motifs is 1. The van der Waals surface area contributed by atoms with Crippen LogP contribution in [-0.2, 0) is 23.0 Å². The zero-order chi connectivity index (χ0) is 24.8. The molecule has 4 rings (SSSR count). The summed E-state index contributed by atoms with van der Waals surface area (Å²) < 4.78 is 46.6. The van der Waals surface area contributed by atoms with Crippen LogP contribution < -0.4 is 16.4 Å². The molecule has 12 heteroatoms. The molecular weight excluding hydrogens is 477 g/mol. The maximum Gasteiger partial charge on any atom is 0.407 e. The summed E-state index contributed by atoms with van der Waals surface area (Å²) in [5.74, 6) is -4.97. The summed E-state index contributed by atoms with van der Waals surface area (Å²) in [5.41, 5.74) is 5.80. The van der Waals surface area contributed by atoms with Gasteiger partial charge in [0.1, 0.15) is 18.1 Å². The number of alkyl carbamates (subject to hydrolysis) is 1. The highest BCUT2D eigenvalue weighted by Crippen LogP contribution is 2.52. The fourth-order valence-electron chi connectivity index (χ4n) is 4.59. The summed E-state index contributed by atoms with van der Waals surface area (Å²) in [6.45, 7) is -0.536. The van der Waals surface area contributed by atoms with E-state index in [9.17, 15) is 27.6 Å². The topological polar surface area (TPSA) is 115 Å². The lowest BCUT2D eigenvalue weighted by atomic mass is 9.66. The molecule has 3 amide bonds. The van der Waals surface area contributed by atoms with Gasteiger partial charge in [0.05, 0.1) is 16.5 Å². The first-order chi connectivity index (χ1) is 15.9. The van der Waals surface area contributed by atoms with Crippen molar-refractivity contribution >= 4 is 35.2 Å². The Kier molecular flexibility index (Phi) is 6.01. The fraction of sp³-hybridized carbons (Fsp3) is 0.409. The monoisotopic (exact) mass is 498 g/mol. The van der Waals surface area contributed by atoms with Gasteiger partial charge >= 0.3 is 6.09 Å². The van der Waals surface area contributed by atoms with E-state index in [4.69, 9.17) is 22.1 Å². The Morgan fingerprint density at radius 1 is 1.29 bits per heavy atom. The van der Waals surface area contributed by atoms with E-state index in [-0.39, 0.29) is 5.02 Å². The molecule has 1 heterocycles. The molecule has 182 valence electrons. The molecule has 1 atom stereocenters. The Bertz CT molecular complexity index is 1180. The average molecular weight is 499 g/mol. The predicted molar refractivity (Wildman–Crippen MR) is 116 cm³/mol. The Morgan fingerprint density at radius 3 is 2.62 bits per heavy atom. The third-order valence-corrected chi connectivity index (χ3v) is 6.55. The predicted octanol–water partition coefficient (Wildman–Crippen LogP) is 3.68. The Hall–Kier alpha value is -3.21. The number of nitrogens with two attached hydrogens (primary N) is 1. The number of anilines is 1. The lowest BCUT2D eigenvalue weighted by Gasteiger charge is -2.44. The third-order valence-electron chi connectivity index (χ3n) is 6.26. The van der Waals surface area contributed by atoms with E-state index < -0.39 is 60.6 Å². The Balaban J connectivity index is 1.41. The zero-order valence-electron chi connectivity index (χ0n) is 18.1. The average Bonchev–Trinajstić information content (AvgIpc) is 3.25. The molecule has 2 aromatic rings. The SMILES string of the molecule is Cn1cc2c(c1C(=O)Nc1ccc(F)c(Cl)c1)CCC2NC(=O)OCC1(C(N)=O)CC(F)(F)C1. The quantitative estimate of drug-likeness (QED) is 0.563. The molecule has 1 aromatic heterocycles. The number of hydrogen-bond donors (Lipinski definition) is 3. The van der Waals surface area contributed by atoms with E-state index in [0.29, 0.717) is 29.8 Å². The van der Waals surface area contributed by atoms with Crippen LogP contribution >= 0.6 is 11.6 Å². The summed E-state index contributed by atoms with van der Waals surface area (Å²) in [7, 11) is 1.67. The van der Waals surface area contributed by atoms with Gasteiger partial charge in [-0.05, 0) is 42.2 Å². The van der Waals surface area contributed by atoms with Crippen LogP contribution in [-0.4, -0.2) is 35.0 Å². The van der Waals surface area contributed by atoms with Crippen LogP contribution in [0.2, 0.25) is 5.02 Å². The molecule has 1 aromatic carbocycles. The van der Waals surface area contributed by atoms with Gasteiger partial charge in [0.25, 0.3) is 11.8 Å². The number of carbonyl (C=O) groups excluding carboxylic acids is 3. The van der Waals surface area contributed by atoms with Gasteiger partial charge in [-0.1, -0.05) is 11.6 Å². The Labute approximate surface area is 197 Å². The minimum Gasteiger partial charge on any atom is -0.448 e. The summed E-state index contributed by atoms with van der Waals surface area (Å²) in [5, 5.41) is 5.21. The third kappa shape index (κ3) is 4.44. The normalized spacial score (nSPS) is 19.6. The molecule has 0 spiro atoms. The minimum atomic E-state index is -3.00. The highest BCUT2D eigenvalue weighted by atomic mass is 35.5. The number of alkyl halides is 2. The first kappa shape index (κ1) is 23.9. The largest absolute Gasteiger partial charge is 0.448 e. The van der Waals surface area contributed by atoms with E-state index in [2.05, 4.69) is 10.6 Å². The van der Waals surface area contributed by atoms with Gasteiger partial charge in [0.15, 0.2) is 0 Å². The second kappa shape index (κ2) is 8.53. The number of amides is 3. The van der Waals surface area contributed by atoms with Crippen molar-refractivity contribution in [1.82, 2.24) is 9.88 Å². The van der Waals surface area contributed by atoms with E-state index in [1.54, 1.807) is 17.8 Å². The van der Waals surface area contributed by atoms with Crippen molar-refractivity contribution in [2.45, 2.75) is 37.6 Å². The van der Waals surface area contributed by atoms with Gasteiger partial charge in [-0.3, -0.25) is 9.59 Å². The molecule has 0 bridgehead atoms. The lowest BCUT2D eigenvalue weighted by Crippen LogP contribution is -2.56. The van der Waals surface area contributed by atoms with Gasteiger partial charge in [-0.2, -0.15) is 0 Å². The number of hydrogen-bond acceptors (Lipinski definition) is 4. The zero-order valence-corrected chi connectivity index (χ0v) is 18.8. The number of primary amides is 1. The van der Waals surface area contributed by atoms with Gasteiger partial charge in [-0.15, -0.1) is 0 Å². The number of carbonyl (C=O) groups is 3. The van der Waals surface area contributed by atoms with Gasteiger partial charge in [0, 0.05) is 31.8 Å². The molecule has 34 heavy (non-hydrogen) atoms. The van der Waals surface area contributed by atoms with Crippen LogP contribution in [0.5, 0.6) is 0 Å². The standard InChI is InChI=1S/C22H22ClF3N4O4/c1-30-7-13-12(17(30)18(31)28-11-2-4-15(24)14(23)6-11)3-5-16(13)29-20(33)34-10-21(19(27)32)8-22(25,26)9-21/h2,4,6-7,16H,3,5,8-10H2,1H3,(H2,27,32)(H,28,31)(H,29,33). The van der Waals surface area contributed by atoms with Crippen LogP contribution in [0.25, 0.3) is 0 Å². The van der Waals surface area contributed by atoms with Crippen LogP contribution in [0.15, 0.2) is 24.4 Å². The number of ether oxygens (including phenoxy) is 1. The van der Waals surface area contributed by atoms with Crippen molar-refractivity contribution < 1.29 is 32.3 Å². The number of rotatable bonds is 6. The molecule has 1 unspecified atom stereocenters. The van der Waals surface area contributed by atoms with Crippen molar-refractivity contribution in [2.24, 2.45) is 18.2 Å². The highest BCUT2D eigenvalue weighted by molar-refractivity contribution is 6.31. The van der Waals surface area contributed by atoms with Crippen molar-refractivity contribution in [3.05, 3.63) is 52.1 Å². The molecule has 0 radical (unpaired) electrons. The smallest absolute Gasteiger partial charge is 0.407 e. The van der Waals surface area contributed by atoms with E-state index in [0.717, 1.165) is 11.6 Å². The van der Waals surface area contributed by atoms with E-state index >= 15 is 0 Å². The number of aryl methyl sites for hydroxylation is 1. The summed E-state index contributed by atoms with van der Waals surface area (Å²) in [6.07, 6.45) is 0.300. The minimum absolute atomic E-state index is 0.124. The number of nitrogens with zero attached hydrogens (tertiary/aromatic N) is 1. The summed E-state index contributed by atoms with van der Waals surface area (Å²) in [6, 6.07) is 3.36. The number of aromatic nitrogens is 1. The fourth-order valence-corrected chi connectivity index (χ4v) is 4.77. The molecule has 8 nitrogen and oxygen atoms in total. The highest BCUT2D eigenvalue weighted by Gasteiger charge is 2.61. The second-order valence-corrected chi connectivity index (χ2v) is 9.18. The van der Waals surface area contributed by atoms with Crippen molar-refractivity contribution in [1.29, 1.82) is 0 Å². The lowest BCUT2D eigenvalue weighted by molar-refractivity contribution is -0.185. The molecular formula is C22H22ClF3N4O4. The molecule has 1 saturated carbocycles. The van der Waals surface area contributed by atoms with Crippen molar-refractivity contribution in [2.75, 3.05) is 11.9 Å². The molecule has 4 N–H and O–H groups in total. The van der Waals surface area contributed by atoms with Crippen molar-refractivity contribution in [3.63, 3.8) is 0 Å². The maximum atomic E-state index is 13.4. The number of nitrogens with one attached hydrogen (secondary N) is 2. The van der Waals surface area contributed by atoms with Crippen LogP contribution in [0, 0.1) is 11.2 Å². The van der Waals surface area contributed by atoms with E-state index in [1.165, 1.54) is 12.1 Å². The van der Waals surface area contributed by atoms with Gasteiger partial charge in [-0.25, -0.2) is 18.0 Å². The summed E-state index contributed by atoms with van der Waals surface area (Å²) >= 11 is 5.77. The van der Waals surface area contributed by atoms with E-state index in [1.807, 2.05) is 0 Å². The second-order valence-electron chi connectivity index (χ2n) is 8.77. The molecule has 0 saturated heterocycles. The Morgan fingerprint density at radius 2 is 2.00 bits per heavy atom. The first-order valence-electron chi connectivity index (χ1n) is 10.5. The first-order valence-corrected chi connectivity index (χ1v) is 10.8. The summed E-state index contributed by atoms with van der Waals surface area (Å²) in [4.78, 5) is 36.8. The van der Waals surface area contributed by atoms with Gasteiger partial charge < -0.3 is 25.7 Å². The molecule has 2 aliphatic carbocycles. The molecule has 2 aliphatic rings. The molecule has 1 fully saturated rings. The number of benzene rings is 1.